The molecule has 0 saturated heterocycles. The summed E-state index contributed by atoms with van der Waals surface area (Å²) >= 11 is 0. The lowest BCUT2D eigenvalue weighted by atomic mass is 10.0. The summed E-state index contributed by atoms with van der Waals surface area (Å²) in [6, 6.07) is 1.00. The molecule has 0 saturated carbocycles. The quantitative estimate of drug-likeness (QED) is 0.824. The van der Waals surface area contributed by atoms with E-state index in [1.807, 2.05) is 13.8 Å². The number of carbonyl (C=O) groups is 2. The summed E-state index contributed by atoms with van der Waals surface area (Å²) in [7, 11) is 1.31. The fraction of sp³-hybridized carbons (Fsp3) is 0.571. The van der Waals surface area contributed by atoms with E-state index in [-0.39, 0.29) is 11.8 Å². The Bertz CT molecular complexity index is 500. The van der Waals surface area contributed by atoms with E-state index in [0.29, 0.717) is 23.4 Å². The van der Waals surface area contributed by atoms with E-state index in [0.717, 1.165) is 0 Å². The van der Waals surface area contributed by atoms with E-state index in [2.05, 4.69) is 15.5 Å². The average molecular weight is 279 g/mol. The van der Waals surface area contributed by atoms with Crippen LogP contribution in [-0.2, 0) is 9.53 Å². The van der Waals surface area contributed by atoms with Crippen molar-refractivity contribution in [3.8, 4) is 0 Å². The highest BCUT2D eigenvalue weighted by atomic mass is 16.5. The number of ether oxygens (including phenoxy) is 1. The summed E-state index contributed by atoms with van der Waals surface area (Å²) in [4.78, 5) is 23.9. The van der Waals surface area contributed by atoms with Gasteiger partial charge in [-0.15, -0.1) is 0 Å². The zero-order valence-corrected chi connectivity index (χ0v) is 12.6. The molecule has 0 bridgehead atoms. The molecule has 0 spiro atoms. The monoisotopic (exact) mass is 279 g/mol. The minimum Gasteiger partial charge on any atom is -0.467 e. The molecule has 1 unspecified atom stereocenters. The lowest BCUT2D eigenvalue weighted by Crippen LogP contribution is -2.42. The van der Waals surface area contributed by atoms with Crippen molar-refractivity contribution >= 4 is 11.9 Å². The molecule has 1 atom stereocenters. The van der Waals surface area contributed by atoms with Crippen LogP contribution in [0.15, 0.2) is 6.07 Å². The van der Waals surface area contributed by atoms with Crippen molar-refractivity contribution in [2.24, 2.45) is 5.92 Å². The maximum atomic E-state index is 12.2. The minimum atomic E-state index is -0.652. The van der Waals surface area contributed by atoms with E-state index < -0.39 is 12.0 Å². The maximum absolute atomic E-state index is 12.2. The standard InChI is InChI=1S/C14H21N3O3/c1-8(2)6-12(14(19)20-5)15-13(18)11-7-9(3)16-17-10(11)4/h7-8,12H,6H2,1-5H3,(H,15,18). The Hall–Kier alpha value is -1.98. The first kappa shape index (κ1) is 16.1. The molecular formula is C14H21N3O3. The minimum absolute atomic E-state index is 0.262. The zero-order chi connectivity index (χ0) is 15.3. The number of aromatic nitrogens is 2. The van der Waals surface area contributed by atoms with Crippen molar-refractivity contribution in [3.05, 3.63) is 23.0 Å². The largest absolute Gasteiger partial charge is 0.467 e. The number of rotatable bonds is 5. The Morgan fingerprint density at radius 2 is 1.95 bits per heavy atom. The van der Waals surface area contributed by atoms with Crippen molar-refractivity contribution in [1.29, 1.82) is 0 Å². The van der Waals surface area contributed by atoms with Crippen molar-refractivity contribution in [1.82, 2.24) is 15.5 Å². The van der Waals surface area contributed by atoms with Gasteiger partial charge in [-0.25, -0.2) is 4.79 Å². The Balaban J connectivity index is 2.90. The molecule has 0 aliphatic heterocycles. The van der Waals surface area contributed by atoms with Gasteiger partial charge in [0.15, 0.2) is 0 Å². The fourth-order valence-corrected chi connectivity index (χ4v) is 1.84. The van der Waals surface area contributed by atoms with Gasteiger partial charge in [-0.05, 0) is 32.3 Å². The Labute approximate surface area is 118 Å². The molecule has 6 nitrogen and oxygen atoms in total. The van der Waals surface area contributed by atoms with E-state index in [9.17, 15) is 9.59 Å². The van der Waals surface area contributed by atoms with E-state index in [1.54, 1.807) is 19.9 Å². The van der Waals surface area contributed by atoms with Crippen molar-refractivity contribution in [2.75, 3.05) is 7.11 Å². The Kier molecular flexibility index (Phi) is 5.61. The van der Waals surface area contributed by atoms with Crippen LogP contribution in [-0.4, -0.2) is 35.2 Å². The SMILES string of the molecule is COC(=O)C(CC(C)C)NC(=O)c1cc(C)nnc1C. The zero-order valence-electron chi connectivity index (χ0n) is 12.6. The molecule has 0 fully saturated rings. The lowest BCUT2D eigenvalue weighted by molar-refractivity contribution is -0.143. The highest BCUT2D eigenvalue weighted by molar-refractivity contribution is 5.97. The number of amides is 1. The first-order chi connectivity index (χ1) is 9.35. The van der Waals surface area contributed by atoms with Gasteiger partial charge in [0, 0.05) is 0 Å². The highest BCUT2D eigenvalue weighted by Crippen LogP contribution is 2.10. The number of hydrogen-bond acceptors (Lipinski definition) is 5. The van der Waals surface area contributed by atoms with E-state index in [4.69, 9.17) is 4.74 Å². The van der Waals surface area contributed by atoms with Crippen LogP contribution >= 0.6 is 0 Å². The van der Waals surface area contributed by atoms with Gasteiger partial charge in [0.05, 0.1) is 24.1 Å². The van der Waals surface area contributed by atoms with Crippen LogP contribution < -0.4 is 5.32 Å². The molecule has 1 aromatic heterocycles. The van der Waals surface area contributed by atoms with Crippen LogP contribution in [0.5, 0.6) is 0 Å². The first-order valence-electron chi connectivity index (χ1n) is 6.54. The molecule has 0 aliphatic carbocycles. The van der Waals surface area contributed by atoms with Crippen molar-refractivity contribution in [3.63, 3.8) is 0 Å². The fourth-order valence-electron chi connectivity index (χ4n) is 1.84. The topological polar surface area (TPSA) is 81.2 Å². The number of carbonyl (C=O) groups excluding carboxylic acids is 2. The number of hydrogen-bond donors (Lipinski definition) is 1. The van der Waals surface area contributed by atoms with Gasteiger partial charge in [-0.1, -0.05) is 13.8 Å². The third-order valence-corrected chi connectivity index (χ3v) is 2.84. The molecule has 1 N–H and O–H groups in total. The molecule has 110 valence electrons. The molecule has 0 radical (unpaired) electrons. The van der Waals surface area contributed by atoms with Gasteiger partial charge in [0.25, 0.3) is 5.91 Å². The normalized spacial score (nSPS) is 12.1. The highest BCUT2D eigenvalue weighted by Gasteiger charge is 2.24. The third kappa shape index (κ3) is 4.29. The number of aryl methyl sites for hydroxylation is 2. The summed E-state index contributed by atoms with van der Waals surface area (Å²) in [6.45, 7) is 7.42. The van der Waals surface area contributed by atoms with Gasteiger partial charge in [-0.2, -0.15) is 10.2 Å². The summed E-state index contributed by atoms with van der Waals surface area (Å²) in [6.07, 6.45) is 0.523. The van der Waals surface area contributed by atoms with Crippen LogP contribution in [0.3, 0.4) is 0 Å². The van der Waals surface area contributed by atoms with Crippen LogP contribution in [0.25, 0.3) is 0 Å². The smallest absolute Gasteiger partial charge is 0.328 e. The second-order valence-electron chi connectivity index (χ2n) is 5.16. The first-order valence-corrected chi connectivity index (χ1v) is 6.54. The second-order valence-corrected chi connectivity index (χ2v) is 5.16. The molecule has 1 aromatic rings. The van der Waals surface area contributed by atoms with Crippen molar-refractivity contribution in [2.45, 2.75) is 40.2 Å². The summed E-state index contributed by atoms with van der Waals surface area (Å²) in [5, 5.41) is 10.5. The van der Waals surface area contributed by atoms with Gasteiger partial charge < -0.3 is 10.1 Å². The molecule has 20 heavy (non-hydrogen) atoms. The van der Waals surface area contributed by atoms with E-state index >= 15 is 0 Å². The number of esters is 1. The molecule has 1 heterocycles. The molecule has 0 aliphatic rings. The average Bonchev–Trinajstić information content (AvgIpc) is 2.39. The van der Waals surface area contributed by atoms with Crippen LogP contribution in [0.1, 0.15) is 42.0 Å². The molecule has 0 aromatic carbocycles. The number of nitrogens with one attached hydrogen (secondary N) is 1. The van der Waals surface area contributed by atoms with E-state index in [1.165, 1.54) is 7.11 Å². The second kappa shape index (κ2) is 6.98. The summed E-state index contributed by atoms with van der Waals surface area (Å²) < 4.78 is 4.72. The molecular weight excluding hydrogens is 258 g/mol. The van der Waals surface area contributed by atoms with Gasteiger partial charge in [0.1, 0.15) is 6.04 Å². The predicted octanol–water partition coefficient (Wildman–Crippen LogP) is 1.41. The summed E-state index contributed by atoms with van der Waals surface area (Å²) in [5.41, 5.74) is 1.61. The van der Waals surface area contributed by atoms with Gasteiger partial charge >= 0.3 is 5.97 Å². The van der Waals surface area contributed by atoms with Gasteiger partial charge in [-0.3, -0.25) is 4.79 Å². The van der Waals surface area contributed by atoms with Crippen LogP contribution in [0.4, 0.5) is 0 Å². The third-order valence-electron chi connectivity index (χ3n) is 2.84. The molecule has 1 rings (SSSR count). The van der Waals surface area contributed by atoms with Crippen molar-refractivity contribution < 1.29 is 14.3 Å². The number of methoxy groups -OCH3 is 1. The Morgan fingerprint density at radius 3 is 2.50 bits per heavy atom. The predicted molar refractivity (Wildman–Crippen MR) is 74.2 cm³/mol. The van der Waals surface area contributed by atoms with Crippen LogP contribution in [0.2, 0.25) is 0 Å². The molecule has 6 heteroatoms. The molecule has 1 amide bonds. The Morgan fingerprint density at radius 1 is 1.30 bits per heavy atom. The maximum Gasteiger partial charge on any atom is 0.328 e. The number of nitrogens with zero attached hydrogens (tertiary/aromatic N) is 2. The summed E-state index contributed by atoms with van der Waals surface area (Å²) in [5.74, 6) is -0.516. The lowest BCUT2D eigenvalue weighted by Gasteiger charge is -2.18. The van der Waals surface area contributed by atoms with Crippen LogP contribution in [0, 0.1) is 19.8 Å². The van der Waals surface area contributed by atoms with Gasteiger partial charge in [0.2, 0.25) is 0 Å².